The molecule has 0 aliphatic heterocycles. The Labute approximate surface area is 130 Å². The van der Waals surface area contributed by atoms with Gasteiger partial charge in [0.1, 0.15) is 5.41 Å². The van der Waals surface area contributed by atoms with Gasteiger partial charge in [0.2, 0.25) is 0 Å². The Morgan fingerprint density at radius 2 is 1.65 bits per heavy atom. The number of fused-ring (bicyclic) bond motifs is 9. The average molecular weight is 342 g/mol. The molecule has 0 spiro atoms. The van der Waals surface area contributed by atoms with Crippen LogP contribution in [0.3, 0.4) is 0 Å². The molecule has 0 radical (unpaired) electrons. The summed E-state index contributed by atoms with van der Waals surface area (Å²) in [5.41, 5.74) is -3.75. The summed E-state index contributed by atoms with van der Waals surface area (Å²) in [7, 11) is 0. The second kappa shape index (κ2) is 4.20. The molecule has 0 aromatic heterocycles. The molecule has 0 aromatic carbocycles. The highest BCUT2D eigenvalue weighted by Gasteiger charge is 2.81. The molecule has 1 N–H and O–H groups in total. The number of rotatable bonds is 1. The van der Waals surface area contributed by atoms with Gasteiger partial charge in [0.15, 0.2) is 6.10 Å². The van der Waals surface area contributed by atoms with Crippen molar-refractivity contribution in [1.29, 1.82) is 0 Å². The Morgan fingerprint density at radius 1 is 1.04 bits per heavy atom. The van der Waals surface area contributed by atoms with Gasteiger partial charge in [-0.3, -0.25) is 0 Å². The summed E-state index contributed by atoms with van der Waals surface area (Å²) in [5.74, 6) is -0.800. The molecule has 8 unspecified atom stereocenters. The van der Waals surface area contributed by atoms with Gasteiger partial charge >= 0.3 is 12.4 Å². The van der Waals surface area contributed by atoms with E-state index in [9.17, 15) is 31.4 Å². The number of halogens is 6. The third kappa shape index (κ3) is 1.75. The zero-order chi connectivity index (χ0) is 17.0. The molecule has 1 nitrogen and oxygen atoms in total. The van der Waals surface area contributed by atoms with Crippen molar-refractivity contribution in [2.45, 2.75) is 57.5 Å². The van der Waals surface area contributed by atoms with Crippen LogP contribution in [-0.4, -0.2) is 23.6 Å². The number of hydrogen-bond acceptors (Lipinski definition) is 1. The summed E-state index contributed by atoms with van der Waals surface area (Å²) in [4.78, 5) is 0. The lowest BCUT2D eigenvalue weighted by Crippen LogP contribution is -2.60. The van der Waals surface area contributed by atoms with E-state index >= 15 is 0 Å². The van der Waals surface area contributed by atoms with E-state index in [1.807, 2.05) is 0 Å². The summed E-state index contributed by atoms with van der Waals surface area (Å²) in [5, 5.41) is 9.75. The molecule has 23 heavy (non-hydrogen) atoms. The number of aliphatic hydroxyl groups excluding tert-OH is 1. The van der Waals surface area contributed by atoms with E-state index in [2.05, 4.69) is 0 Å². The van der Waals surface area contributed by atoms with Crippen molar-refractivity contribution >= 4 is 0 Å². The fraction of sp³-hybridized carbons (Fsp3) is 1.00. The van der Waals surface area contributed by atoms with Gasteiger partial charge in [-0.25, -0.2) is 0 Å². The van der Waals surface area contributed by atoms with Crippen molar-refractivity contribution in [2.75, 3.05) is 0 Å². The van der Waals surface area contributed by atoms with Crippen LogP contribution in [0.2, 0.25) is 0 Å². The molecule has 4 rings (SSSR count). The van der Waals surface area contributed by atoms with Gasteiger partial charge in [-0.2, -0.15) is 26.3 Å². The molecule has 4 aliphatic carbocycles. The van der Waals surface area contributed by atoms with Gasteiger partial charge < -0.3 is 5.11 Å². The van der Waals surface area contributed by atoms with Crippen molar-refractivity contribution in [2.24, 2.45) is 40.4 Å². The maximum atomic E-state index is 13.9. The van der Waals surface area contributed by atoms with Crippen LogP contribution in [0.15, 0.2) is 0 Å². The topological polar surface area (TPSA) is 20.2 Å². The fourth-order valence-corrected chi connectivity index (χ4v) is 7.29. The molecule has 0 heterocycles. The molecule has 4 saturated carbocycles. The van der Waals surface area contributed by atoms with E-state index in [0.29, 0.717) is 5.92 Å². The van der Waals surface area contributed by atoms with Crippen LogP contribution in [0.1, 0.15) is 39.0 Å². The van der Waals surface area contributed by atoms with Gasteiger partial charge in [-0.15, -0.1) is 0 Å². The summed E-state index contributed by atoms with van der Waals surface area (Å²) >= 11 is 0. The summed E-state index contributed by atoms with van der Waals surface area (Å²) in [6.07, 6.45) is -11.3. The van der Waals surface area contributed by atoms with Crippen LogP contribution < -0.4 is 0 Å². The minimum Gasteiger partial charge on any atom is -0.383 e. The zero-order valence-electron chi connectivity index (χ0n) is 12.7. The van der Waals surface area contributed by atoms with Crippen molar-refractivity contribution in [3.05, 3.63) is 0 Å². The van der Waals surface area contributed by atoms with Gasteiger partial charge in [0.25, 0.3) is 0 Å². The van der Waals surface area contributed by atoms with Crippen LogP contribution in [-0.2, 0) is 0 Å². The summed E-state index contributed by atoms with van der Waals surface area (Å²) in [6.45, 7) is 1.72. The molecule has 0 aromatic rings. The van der Waals surface area contributed by atoms with Gasteiger partial charge in [-0.05, 0) is 67.1 Å². The van der Waals surface area contributed by atoms with Crippen LogP contribution in [0.25, 0.3) is 0 Å². The molecule has 8 atom stereocenters. The third-order valence-corrected chi connectivity index (χ3v) is 7.62. The van der Waals surface area contributed by atoms with Gasteiger partial charge in [0, 0.05) is 0 Å². The predicted octanol–water partition coefficient (Wildman–Crippen LogP) is 4.55. The lowest BCUT2D eigenvalue weighted by atomic mass is 9.55. The highest BCUT2D eigenvalue weighted by Crippen LogP contribution is 2.80. The van der Waals surface area contributed by atoms with E-state index in [4.69, 9.17) is 0 Å². The molecular weight excluding hydrogens is 322 g/mol. The van der Waals surface area contributed by atoms with Gasteiger partial charge in [0.05, 0.1) is 0 Å². The predicted molar refractivity (Wildman–Crippen MR) is 69.2 cm³/mol. The lowest BCUT2D eigenvalue weighted by Gasteiger charge is -2.51. The standard InChI is InChI=1S/C16H20F6O/c1-13-5-9(10-7-2-3-8(4-7)11(10)13)14(6-13,16(20,21)22)12(23)15(17,18)19/h7-12,23H,2-6H2,1H3. The van der Waals surface area contributed by atoms with Crippen molar-refractivity contribution < 1.29 is 31.4 Å². The summed E-state index contributed by atoms with van der Waals surface area (Å²) in [6, 6.07) is 0. The average Bonchev–Trinajstić information content (AvgIpc) is 3.10. The molecule has 0 saturated heterocycles. The van der Waals surface area contributed by atoms with E-state index in [0.717, 1.165) is 19.3 Å². The zero-order valence-corrected chi connectivity index (χ0v) is 12.7. The highest BCUT2D eigenvalue weighted by molar-refractivity contribution is 5.22. The van der Waals surface area contributed by atoms with Crippen molar-refractivity contribution in [3.8, 4) is 0 Å². The second-order valence-corrected chi connectivity index (χ2v) is 8.56. The fourth-order valence-electron chi connectivity index (χ4n) is 7.29. The number of alkyl halides is 6. The minimum atomic E-state index is -5.25. The first-order valence-electron chi connectivity index (χ1n) is 8.23. The molecular formula is C16H20F6O. The molecule has 4 fully saturated rings. The maximum Gasteiger partial charge on any atom is 0.415 e. The largest absolute Gasteiger partial charge is 0.415 e. The Bertz CT molecular complexity index is 528. The molecule has 132 valence electrons. The lowest BCUT2D eigenvalue weighted by molar-refractivity contribution is -0.339. The Balaban J connectivity index is 1.82. The summed E-state index contributed by atoms with van der Waals surface area (Å²) < 4.78 is 80.9. The SMILES string of the molecule is CC12CC(C3C4CCC(C4)C31)C(C(O)C(F)(F)F)(C(F)(F)F)C2. The monoisotopic (exact) mass is 342 g/mol. The van der Waals surface area contributed by atoms with E-state index < -0.39 is 41.6 Å². The normalized spacial score (nSPS) is 53.0. The molecule has 4 aliphatic rings. The van der Waals surface area contributed by atoms with Crippen LogP contribution in [0, 0.1) is 40.4 Å². The Morgan fingerprint density at radius 3 is 2.22 bits per heavy atom. The van der Waals surface area contributed by atoms with Crippen LogP contribution in [0.5, 0.6) is 0 Å². The first kappa shape index (κ1) is 16.0. The van der Waals surface area contributed by atoms with Gasteiger partial charge in [-0.1, -0.05) is 6.92 Å². The smallest absolute Gasteiger partial charge is 0.383 e. The van der Waals surface area contributed by atoms with Crippen molar-refractivity contribution in [3.63, 3.8) is 0 Å². The molecule has 4 bridgehead atoms. The van der Waals surface area contributed by atoms with Crippen LogP contribution >= 0.6 is 0 Å². The van der Waals surface area contributed by atoms with Crippen molar-refractivity contribution in [1.82, 2.24) is 0 Å². The van der Waals surface area contributed by atoms with Crippen LogP contribution in [0.4, 0.5) is 26.3 Å². The van der Waals surface area contributed by atoms with E-state index in [1.54, 1.807) is 6.92 Å². The Hall–Kier alpha value is -0.460. The molecule has 0 amide bonds. The second-order valence-electron chi connectivity index (χ2n) is 8.56. The van der Waals surface area contributed by atoms with E-state index in [-0.39, 0.29) is 24.2 Å². The first-order chi connectivity index (χ1) is 10.4. The minimum absolute atomic E-state index is 0.110. The third-order valence-electron chi connectivity index (χ3n) is 7.62. The molecule has 7 heteroatoms. The first-order valence-corrected chi connectivity index (χ1v) is 8.23. The quantitative estimate of drug-likeness (QED) is 0.547. The van der Waals surface area contributed by atoms with E-state index in [1.165, 1.54) is 0 Å². The number of aliphatic hydroxyl groups is 1. The highest BCUT2D eigenvalue weighted by atomic mass is 19.4. The Kier molecular flexibility index (Phi) is 2.92. The number of hydrogen-bond donors (Lipinski definition) is 1. The maximum absolute atomic E-state index is 13.9.